The van der Waals surface area contributed by atoms with Crippen molar-refractivity contribution in [1.29, 1.82) is 0 Å². The maximum atomic E-state index is 11.7. The second kappa shape index (κ2) is 4.27. The van der Waals surface area contributed by atoms with Gasteiger partial charge in [-0.05, 0) is 18.2 Å². The number of benzene rings is 1. The van der Waals surface area contributed by atoms with Crippen LogP contribution in [0.4, 0.5) is 0 Å². The summed E-state index contributed by atoms with van der Waals surface area (Å²) in [6.45, 7) is -0.498. The molecule has 4 N–H and O–H groups in total. The first-order chi connectivity index (χ1) is 8.38. The number of nitrogens with two attached hydrogens (primary N) is 1. The molecular weight excluding hydrogens is 262 g/mol. The van der Waals surface area contributed by atoms with E-state index in [0.29, 0.717) is 0 Å². The fourth-order valence-corrected chi connectivity index (χ4v) is 2.37. The Hall–Kier alpha value is -2.13. The molecule has 96 valence electrons. The van der Waals surface area contributed by atoms with Crippen LogP contribution in [0.25, 0.3) is 11.1 Å². The summed E-state index contributed by atoms with van der Waals surface area (Å²) >= 11 is 0. The van der Waals surface area contributed by atoms with Gasteiger partial charge in [0.25, 0.3) is 0 Å². The maximum Gasteiger partial charge on any atom is 0.417 e. The smallest absolute Gasteiger partial charge is 0.408 e. The molecule has 0 spiro atoms. The predicted molar refractivity (Wildman–Crippen MR) is 61.2 cm³/mol. The molecule has 2 aromatic rings. The maximum absolute atomic E-state index is 11.7. The van der Waals surface area contributed by atoms with Gasteiger partial charge in [-0.2, -0.15) is 0 Å². The van der Waals surface area contributed by atoms with E-state index < -0.39 is 28.2 Å². The Kier molecular flexibility index (Phi) is 2.93. The number of hydrogen-bond acceptors (Lipinski definition) is 5. The zero-order valence-corrected chi connectivity index (χ0v) is 9.78. The number of sulfonamides is 1. The molecule has 0 aliphatic carbocycles. The average molecular weight is 271 g/mol. The number of aromatic amines is 1. The summed E-state index contributed by atoms with van der Waals surface area (Å²) in [5.74, 6) is -1.47. The van der Waals surface area contributed by atoms with Gasteiger partial charge in [0.2, 0.25) is 15.9 Å². The quantitative estimate of drug-likeness (QED) is 0.647. The molecule has 0 aliphatic heterocycles. The third-order valence-corrected chi connectivity index (χ3v) is 3.54. The number of carbonyl (C=O) groups excluding carboxylic acids is 1. The van der Waals surface area contributed by atoms with Gasteiger partial charge >= 0.3 is 5.76 Å². The first-order valence-corrected chi connectivity index (χ1v) is 6.28. The van der Waals surface area contributed by atoms with Gasteiger partial charge in [-0.25, -0.2) is 17.9 Å². The highest BCUT2D eigenvalue weighted by Crippen LogP contribution is 2.15. The van der Waals surface area contributed by atoms with Crippen molar-refractivity contribution in [1.82, 2.24) is 9.71 Å². The van der Waals surface area contributed by atoms with E-state index in [4.69, 9.17) is 10.2 Å². The van der Waals surface area contributed by atoms with Crippen LogP contribution in [-0.4, -0.2) is 25.9 Å². The van der Waals surface area contributed by atoms with Gasteiger partial charge < -0.3 is 10.2 Å². The van der Waals surface area contributed by atoms with Gasteiger partial charge in [-0.3, -0.25) is 9.78 Å². The Balaban J connectivity index is 2.41. The van der Waals surface area contributed by atoms with E-state index in [1.54, 1.807) is 0 Å². The lowest BCUT2D eigenvalue weighted by Gasteiger charge is -2.04. The van der Waals surface area contributed by atoms with E-state index in [0.717, 1.165) is 0 Å². The molecule has 0 atom stereocenters. The van der Waals surface area contributed by atoms with E-state index in [1.807, 2.05) is 4.72 Å². The standard InChI is InChI=1S/C9H9N3O5S/c10-8(13)4-11-18(15,16)5-1-2-7-6(3-5)12-9(14)17-7/h1-3,11H,4H2,(H2,10,13)(H,12,14). The molecule has 18 heavy (non-hydrogen) atoms. The van der Waals surface area contributed by atoms with E-state index >= 15 is 0 Å². The summed E-state index contributed by atoms with van der Waals surface area (Å²) < 4.78 is 30.2. The number of aromatic nitrogens is 1. The van der Waals surface area contributed by atoms with Crippen LogP contribution in [0.1, 0.15) is 0 Å². The summed E-state index contributed by atoms with van der Waals surface area (Å²) in [7, 11) is -3.85. The fraction of sp³-hybridized carbons (Fsp3) is 0.111. The lowest BCUT2D eigenvalue weighted by atomic mass is 10.3. The van der Waals surface area contributed by atoms with Gasteiger partial charge in [-0.15, -0.1) is 0 Å². The Bertz CT molecular complexity index is 758. The van der Waals surface area contributed by atoms with E-state index in [2.05, 4.69) is 4.98 Å². The van der Waals surface area contributed by atoms with Crippen LogP contribution in [0, 0.1) is 0 Å². The fourth-order valence-electron chi connectivity index (χ4n) is 1.35. The molecule has 1 amide bonds. The summed E-state index contributed by atoms with van der Waals surface area (Å²) in [6, 6.07) is 3.82. The van der Waals surface area contributed by atoms with Gasteiger partial charge in [0.15, 0.2) is 5.58 Å². The first-order valence-electron chi connectivity index (χ1n) is 4.79. The highest BCUT2D eigenvalue weighted by Gasteiger charge is 2.16. The van der Waals surface area contributed by atoms with Crippen LogP contribution in [0.15, 0.2) is 32.3 Å². The van der Waals surface area contributed by atoms with E-state index in [9.17, 15) is 18.0 Å². The average Bonchev–Trinajstić information content (AvgIpc) is 2.65. The molecular formula is C9H9N3O5S. The van der Waals surface area contributed by atoms with E-state index in [-0.39, 0.29) is 16.0 Å². The van der Waals surface area contributed by atoms with Gasteiger partial charge in [-0.1, -0.05) is 0 Å². The SMILES string of the molecule is NC(=O)CNS(=O)(=O)c1ccc2oc(=O)[nH]c2c1. The molecule has 9 heteroatoms. The van der Waals surface area contributed by atoms with Crippen molar-refractivity contribution in [2.75, 3.05) is 6.54 Å². The highest BCUT2D eigenvalue weighted by molar-refractivity contribution is 7.89. The molecule has 0 bridgehead atoms. The number of oxazole rings is 1. The van der Waals surface area contributed by atoms with Gasteiger partial charge in [0.1, 0.15) is 0 Å². The Morgan fingerprint density at radius 3 is 2.83 bits per heavy atom. The van der Waals surface area contributed by atoms with Crippen molar-refractivity contribution in [2.45, 2.75) is 4.90 Å². The summed E-state index contributed by atoms with van der Waals surface area (Å²) in [6.07, 6.45) is 0. The lowest BCUT2D eigenvalue weighted by molar-refractivity contribution is -0.116. The molecule has 0 fully saturated rings. The molecule has 0 aliphatic rings. The van der Waals surface area contributed by atoms with Crippen LogP contribution < -0.4 is 16.2 Å². The number of nitrogens with one attached hydrogen (secondary N) is 2. The van der Waals surface area contributed by atoms with Crippen molar-refractivity contribution < 1.29 is 17.6 Å². The highest BCUT2D eigenvalue weighted by atomic mass is 32.2. The van der Waals surface area contributed by atoms with Crippen LogP contribution in [-0.2, 0) is 14.8 Å². The molecule has 0 unspecified atom stereocenters. The number of amides is 1. The third kappa shape index (κ3) is 2.41. The van der Waals surface area contributed by atoms with Gasteiger partial charge in [0, 0.05) is 0 Å². The lowest BCUT2D eigenvalue weighted by Crippen LogP contribution is -2.33. The topological polar surface area (TPSA) is 135 Å². The second-order valence-electron chi connectivity index (χ2n) is 3.46. The van der Waals surface area contributed by atoms with Crippen molar-refractivity contribution in [2.24, 2.45) is 5.73 Å². The van der Waals surface area contributed by atoms with Crippen LogP contribution in [0.2, 0.25) is 0 Å². The molecule has 2 rings (SSSR count). The number of carbonyl (C=O) groups is 1. The Labute approximate surface area is 101 Å². The van der Waals surface area contributed by atoms with Crippen molar-refractivity contribution in [3.63, 3.8) is 0 Å². The second-order valence-corrected chi connectivity index (χ2v) is 5.23. The van der Waals surface area contributed by atoms with Gasteiger partial charge in [0.05, 0.1) is 17.0 Å². The van der Waals surface area contributed by atoms with Crippen molar-refractivity contribution in [3.05, 3.63) is 28.7 Å². The molecule has 0 saturated heterocycles. The minimum absolute atomic E-state index is 0.103. The molecule has 1 aromatic carbocycles. The van der Waals surface area contributed by atoms with Crippen LogP contribution >= 0.6 is 0 Å². The minimum Gasteiger partial charge on any atom is -0.408 e. The number of fused-ring (bicyclic) bond motifs is 1. The Morgan fingerprint density at radius 1 is 1.44 bits per heavy atom. The number of rotatable bonds is 4. The number of H-pyrrole nitrogens is 1. The first kappa shape index (κ1) is 12.3. The predicted octanol–water partition coefficient (Wildman–Crippen LogP) is -1.12. The van der Waals surface area contributed by atoms with Crippen LogP contribution in [0.3, 0.4) is 0 Å². The summed E-state index contributed by atoms with van der Waals surface area (Å²) in [4.78, 5) is 23.7. The van der Waals surface area contributed by atoms with Crippen molar-refractivity contribution in [3.8, 4) is 0 Å². The molecule has 0 radical (unpaired) electrons. The zero-order chi connectivity index (χ0) is 13.3. The number of primary amides is 1. The van der Waals surface area contributed by atoms with Crippen LogP contribution in [0.5, 0.6) is 0 Å². The molecule has 0 saturated carbocycles. The largest absolute Gasteiger partial charge is 0.417 e. The third-order valence-electron chi connectivity index (χ3n) is 2.14. The van der Waals surface area contributed by atoms with Crippen molar-refractivity contribution >= 4 is 27.0 Å². The normalized spacial score (nSPS) is 11.8. The van der Waals surface area contributed by atoms with E-state index in [1.165, 1.54) is 18.2 Å². The summed E-state index contributed by atoms with van der Waals surface area (Å²) in [5, 5.41) is 0. The molecule has 8 nitrogen and oxygen atoms in total. The minimum atomic E-state index is -3.85. The molecule has 1 aromatic heterocycles. The zero-order valence-electron chi connectivity index (χ0n) is 8.97. The monoisotopic (exact) mass is 271 g/mol. The Morgan fingerprint density at radius 2 is 2.17 bits per heavy atom. The molecule has 1 heterocycles. The number of hydrogen-bond donors (Lipinski definition) is 3. The summed E-state index contributed by atoms with van der Waals surface area (Å²) in [5.41, 5.74) is 5.34.